The average molecular weight is 298 g/mol. The van der Waals surface area contributed by atoms with Crippen LogP contribution in [0.5, 0.6) is 11.5 Å². The molecule has 116 valence electrons. The van der Waals surface area contributed by atoms with Gasteiger partial charge in [0.25, 0.3) is 0 Å². The van der Waals surface area contributed by atoms with Gasteiger partial charge in [-0.15, -0.1) is 0 Å². The van der Waals surface area contributed by atoms with Crippen LogP contribution in [-0.2, 0) is 4.79 Å². The highest BCUT2D eigenvalue weighted by atomic mass is 16.5. The number of amides is 1. The predicted molar refractivity (Wildman–Crippen MR) is 87.8 cm³/mol. The Kier molecular flexibility index (Phi) is 5.98. The minimum Gasteiger partial charge on any atom is -0.457 e. The molecular weight excluding hydrogens is 276 g/mol. The van der Waals surface area contributed by atoms with E-state index in [4.69, 9.17) is 10.5 Å². The van der Waals surface area contributed by atoms with Crippen molar-refractivity contribution >= 4 is 5.91 Å². The zero-order valence-electron chi connectivity index (χ0n) is 12.8. The molecule has 2 aromatic carbocycles. The normalized spacial score (nSPS) is 11.7. The van der Waals surface area contributed by atoms with Gasteiger partial charge in [0.1, 0.15) is 11.5 Å². The van der Waals surface area contributed by atoms with Crippen molar-refractivity contribution in [2.75, 3.05) is 6.54 Å². The number of carbonyl (C=O) groups is 1. The molecule has 0 aliphatic heterocycles. The van der Waals surface area contributed by atoms with Gasteiger partial charge >= 0.3 is 0 Å². The van der Waals surface area contributed by atoms with Crippen LogP contribution in [0, 0.1) is 0 Å². The molecule has 3 N–H and O–H groups in total. The molecule has 1 amide bonds. The maximum absolute atomic E-state index is 11.7. The molecule has 1 unspecified atom stereocenters. The van der Waals surface area contributed by atoms with Gasteiger partial charge in [-0.1, -0.05) is 30.3 Å². The zero-order chi connectivity index (χ0) is 15.8. The number of nitrogens with one attached hydrogen (secondary N) is 1. The summed E-state index contributed by atoms with van der Waals surface area (Å²) in [5, 5.41) is 2.96. The quantitative estimate of drug-likeness (QED) is 0.823. The van der Waals surface area contributed by atoms with Gasteiger partial charge in [0, 0.05) is 6.42 Å². The molecule has 1 atom stereocenters. The average Bonchev–Trinajstić information content (AvgIpc) is 2.54. The summed E-state index contributed by atoms with van der Waals surface area (Å²) >= 11 is 0. The monoisotopic (exact) mass is 298 g/mol. The number of hydrogen-bond donors (Lipinski definition) is 2. The van der Waals surface area contributed by atoms with Crippen LogP contribution in [0.1, 0.15) is 31.4 Å². The molecule has 0 fully saturated rings. The van der Waals surface area contributed by atoms with Crippen molar-refractivity contribution in [2.24, 2.45) is 5.73 Å². The van der Waals surface area contributed by atoms with E-state index in [-0.39, 0.29) is 11.9 Å². The minimum atomic E-state index is -0.0314. The van der Waals surface area contributed by atoms with Crippen molar-refractivity contribution in [1.29, 1.82) is 0 Å². The molecule has 0 aliphatic carbocycles. The van der Waals surface area contributed by atoms with Crippen LogP contribution in [0.25, 0.3) is 0 Å². The summed E-state index contributed by atoms with van der Waals surface area (Å²) in [5.74, 6) is 1.61. The van der Waals surface area contributed by atoms with Crippen LogP contribution in [0.2, 0.25) is 0 Å². The van der Waals surface area contributed by atoms with Crippen molar-refractivity contribution < 1.29 is 9.53 Å². The maximum Gasteiger partial charge on any atom is 0.220 e. The number of para-hydroxylation sites is 1. The van der Waals surface area contributed by atoms with E-state index in [9.17, 15) is 4.79 Å². The fourth-order valence-corrected chi connectivity index (χ4v) is 2.11. The molecule has 2 rings (SSSR count). The first-order valence-electron chi connectivity index (χ1n) is 7.51. The van der Waals surface area contributed by atoms with E-state index in [1.165, 1.54) is 0 Å². The summed E-state index contributed by atoms with van der Waals surface area (Å²) < 4.78 is 5.75. The number of rotatable bonds is 7. The third-order valence-electron chi connectivity index (χ3n) is 3.34. The Morgan fingerprint density at radius 2 is 1.73 bits per heavy atom. The molecular formula is C18H22N2O2. The van der Waals surface area contributed by atoms with Crippen LogP contribution < -0.4 is 15.8 Å². The number of hydrogen-bond acceptors (Lipinski definition) is 3. The fourth-order valence-electron chi connectivity index (χ4n) is 2.11. The Bertz CT molecular complexity index is 582. The topological polar surface area (TPSA) is 64.4 Å². The van der Waals surface area contributed by atoms with Crippen molar-refractivity contribution in [3.63, 3.8) is 0 Å². The number of nitrogens with two attached hydrogens (primary N) is 1. The lowest BCUT2D eigenvalue weighted by atomic mass is 10.1. The van der Waals surface area contributed by atoms with Crippen LogP contribution in [0.15, 0.2) is 54.6 Å². The number of ether oxygens (including phenoxy) is 1. The molecule has 0 saturated heterocycles. The Balaban J connectivity index is 1.92. The standard InChI is InChI=1S/C18H22N2O2/c1-14(20-18(21)8-5-13-19)15-9-11-17(12-10-15)22-16-6-3-2-4-7-16/h2-4,6-7,9-12,14H,5,8,13,19H2,1H3,(H,20,21). The summed E-state index contributed by atoms with van der Waals surface area (Å²) in [4.78, 5) is 11.7. The van der Waals surface area contributed by atoms with E-state index < -0.39 is 0 Å². The molecule has 0 saturated carbocycles. The van der Waals surface area contributed by atoms with Gasteiger partial charge in [-0.3, -0.25) is 4.79 Å². The predicted octanol–water partition coefficient (Wildman–Crippen LogP) is 3.40. The Morgan fingerprint density at radius 3 is 2.36 bits per heavy atom. The second kappa shape index (κ2) is 8.20. The van der Waals surface area contributed by atoms with Crippen molar-refractivity contribution in [3.8, 4) is 11.5 Å². The van der Waals surface area contributed by atoms with E-state index >= 15 is 0 Å². The molecule has 4 heteroatoms. The van der Waals surface area contributed by atoms with Gasteiger partial charge in [-0.25, -0.2) is 0 Å². The van der Waals surface area contributed by atoms with Crippen LogP contribution in [0.4, 0.5) is 0 Å². The largest absolute Gasteiger partial charge is 0.457 e. The molecule has 0 aromatic heterocycles. The van der Waals surface area contributed by atoms with Gasteiger partial charge in [-0.2, -0.15) is 0 Å². The Labute approximate surface area is 131 Å². The van der Waals surface area contributed by atoms with Crippen molar-refractivity contribution in [1.82, 2.24) is 5.32 Å². The molecule has 2 aromatic rings. The lowest BCUT2D eigenvalue weighted by Crippen LogP contribution is -2.26. The van der Waals surface area contributed by atoms with E-state index in [2.05, 4.69) is 5.32 Å². The minimum absolute atomic E-state index is 0.0302. The van der Waals surface area contributed by atoms with Gasteiger partial charge in [0.2, 0.25) is 5.91 Å². The lowest BCUT2D eigenvalue weighted by molar-refractivity contribution is -0.121. The van der Waals surface area contributed by atoms with Crippen molar-refractivity contribution in [2.45, 2.75) is 25.8 Å². The maximum atomic E-state index is 11.7. The summed E-state index contributed by atoms with van der Waals surface area (Å²) in [6.07, 6.45) is 1.18. The van der Waals surface area contributed by atoms with Gasteiger partial charge in [-0.05, 0) is 49.7 Å². The van der Waals surface area contributed by atoms with E-state index in [0.29, 0.717) is 19.4 Å². The first-order chi connectivity index (χ1) is 10.7. The highest BCUT2D eigenvalue weighted by Crippen LogP contribution is 2.23. The molecule has 22 heavy (non-hydrogen) atoms. The van der Waals surface area contributed by atoms with E-state index in [1.54, 1.807) is 0 Å². The molecule has 0 aliphatic rings. The van der Waals surface area contributed by atoms with Crippen LogP contribution in [0.3, 0.4) is 0 Å². The lowest BCUT2D eigenvalue weighted by Gasteiger charge is -2.15. The number of carbonyl (C=O) groups excluding carboxylic acids is 1. The molecule has 0 heterocycles. The first-order valence-corrected chi connectivity index (χ1v) is 7.51. The fraction of sp³-hybridized carbons (Fsp3) is 0.278. The first kappa shape index (κ1) is 16.0. The van der Waals surface area contributed by atoms with Gasteiger partial charge in [0.15, 0.2) is 0 Å². The summed E-state index contributed by atoms with van der Waals surface area (Å²) in [6, 6.07) is 17.4. The Hall–Kier alpha value is -2.33. The smallest absolute Gasteiger partial charge is 0.220 e. The summed E-state index contributed by atoms with van der Waals surface area (Å²) in [6.45, 7) is 2.50. The van der Waals surface area contributed by atoms with Crippen molar-refractivity contribution in [3.05, 3.63) is 60.2 Å². The highest BCUT2D eigenvalue weighted by molar-refractivity contribution is 5.76. The molecule has 0 bridgehead atoms. The SMILES string of the molecule is CC(NC(=O)CCCN)c1ccc(Oc2ccccc2)cc1. The highest BCUT2D eigenvalue weighted by Gasteiger charge is 2.09. The van der Waals surface area contributed by atoms with Crippen LogP contribution in [-0.4, -0.2) is 12.5 Å². The molecule has 0 spiro atoms. The zero-order valence-corrected chi connectivity index (χ0v) is 12.8. The van der Waals surface area contributed by atoms with Crippen LogP contribution >= 0.6 is 0 Å². The molecule has 0 radical (unpaired) electrons. The second-order valence-corrected chi connectivity index (χ2v) is 5.17. The van der Waals surface area contributed by atoms with Gasteiger partial charge < -0.3 is 15.8 Å². The third-order valence-corrected chi connectivity index (χ3v) is 3.34. The third kappa shape index (κ3) is 4.90. The van der Waals surface area contributed by atoms with E-state index in [1.807, 2.05) is 61.5 Å². The molecule has 4 nitrogen and oxygen atoms in total. The Morgan fingerprint density at radius 1 is 1.09 bits per heavy atom. The summed E-state index contributed by atoms with van der Waals surface area (Å²) in [7, 11) is 0. The second-order valence-electron chi connectivity index (χ2n) is 5.17. The van der Waals surface area contributed by atoms with Gasteiger partial charge in [0.05, 0.1) is 6.04 Å². The van der Waals surface area contributed by atoms with E-state index in [0.717, 1.165) is 17.1 Å². The number of benzene rings is 2. The summed E-state index contributed by atoms with van der Waals surface area (Å²) in [5.41, 5.74) is 6.45.